The Balaban J connectivity index is 1.45. The van der Waals surface area contributed by atoms with Crippen LogP contribution in [-0.4, -0.2) is 28.2 Å². The molecule has 0 fully saturated rings. The number of thiophene rings is 1. The molecule has 0 radical (unpaired) electrons. The van der Waals surface area contributed by atoms with Crippen molar-refractivity contribution < 1.29 is 14.0 Å². The summed E-state index contributed by atoms with van der Waals surface area (Å²) in [5.41, 5.74) is 2.62. The topological polar surface area (TPSA) is 75.4 Å². The fourth-order valence-electron chi connectivity index (χ4n) is 2.83. The molecule has 0 spiro atoms. The normalized spacial score (nSPS) is 13.4. The van der Waals surface area contributed by atoms with Crippen molar-refractivity contribution in [3.63, 3.8) is 0 Å². The molecular formula is C18H15N3O3S. The molecule has 7 heteroatoms. The number of benzene rings is 1. The lowest BCUT2D eigenvalue weighted by molar-refractivity contribution is 0.0728. The van der Waals surface area contributed by atoms with E-state index in [-0.39, 0.29) is 23.5 Å². The van der Waals surface area contributed by atoms with E-state index in [9.17, 15) is 9.59 Å². The van der Waals surface area contributed by atoms with E-state index in [2.05, 4.69) is 16.4 Å². The van der Waals surface area contributed by atoms with Crippen LogP contribution in [0.15, 0.2) is 52.5 Å². The number of amides is 2. The van der Waals surface area contributed by atoms with Crippen LogP contribution in [0, 0.1) is 0 Å². The summed E-state index contributed by atoms with van der Waals surface area (Å²) >= 11 is 1.32. The highest BCUT2D eigenvalue weighted by Crippen LogP contribution is 2.21. The number of fused-ring (bicyclic) bond motifs is 1. The Bertz CT molecular complexity index is 917. The Hall–Kier alpha value is -2.93. The Morgan fingerprint density at radius 3 is 2.80 bits per heavy atom. The Morgan fingerprint density at radius 1 is 1.16 bits per heavy atom. The van der Waals surface area contributed by atoms with Crippen LogP contribution in [0.4, 0.5) is 6.01 Å². The first-order valence-corrected chi connectivity index (χ1v) is 8.75. The predicted octanol–water partition coefficient (Wildman–Crippen LogP) is 3.19. The van der Waals surface area contributed by atoms with Gasteiger partial charge < -0.3 is 9.32 Å². The maximum absolute atomic E-state index is 12.6. The van der Waals surface area contributed by atoms with Crippen molar-refractivity contribution in [1.29, 1.82) is 0 Å². The third-order valence-electron chi connectivity index (χ3n) is 4.11. The highest BCUT2D eigenvalue weighted by Gasteiger charge is 2.24. The number of aromatic nitrogens is 1. The zero-order valence-corrected chi connectivity index (χ0v) is 14.1. The van der Waals surface area contributed by atoms with Crippen LogP contribution in [0.2, 0.25) is 0 Å². The van der Waals surface area contributed by atoms with Crippen molar-refractivity contribution in [2.45, 2.75) is 13.0 Å². The standard InChI is InChI=1S/C18H15N3O3S/c22-16(15-6-3-9-25-15)20-18-19-14(11-24-18)17(23)21-8-7-12-4-1-2-5-13(12)10-21/h1-6,9,11H,7-8,10H2,(H,19,20,22). The first kappa shape index (κ1) is 15.6. The molecule has 1 aliphatic rings. The van der Waals surface area contributed by atoms with E-state index in [1.165, 1.54) is 23.2 Å². The van der Waals surface area contributed by atoms with Crippen LogP contribution in [0.1, 0.15) is 31.3 Å². The van der Waals surface area contributed by atoms with Crippen molar-refractivity contribution in [3.05, 3.63) is 69.7 Å². The molecule has 3 heterocycles. The van der Waals surface area contributed by atoms with Crippen LogP contribution >= 0.6 is 11.3 Å². The number of hydrogen-bond donors (Lipinski definition) is 1. The lowest BCUT2D eigenvalue weighted by Gasteiger charge is -2.28. The highest BCUT2D eigenvalue weighted by atomic mass is 32.1. The van der Waals surface area contributed by atoms with Crippen LogP contribution in [-0.2, 0) is 13.0 Å². The molecule has 0 saturated carbocycles. The molecule has 2 aromatic heterocycles. The molecule has 126 valence electrons. The summed E-state index contributed by atoms with van der Waals surface area (Å²) in [5, 5.41) is 4.37. The van der Waals surface area contributed by atoms with Crippen molar-refractivity contribution >= 4 is 29.2 Å². The molecular weight excluding hydrogens is 338 g/mol. The van der Waals surface area contributed by atoms with Gasteiger partial charge in [-0.05, 0) is 29.0 Å². The SMILES string of the molecule is O=C(Nc1nc(C(=O)N2CCc3ccccc3C2)co1)c1cccs1. The Morgan fingerprint density at radius 2 is 2.00 bits per heavy atom. The minimum Gasteiger partial charge on any atom is -0.431 e. The van der Waals surface area contributed by atoms with Crippen molar-refractivity contribution in [2.24, 2.45) is 0 Å². The van der Waals surface area contributed by atoms with E-state index in [1.54, 1.807) is 17.0 Å². The van der Waals surface area contributed by atoms with E-state index < -0.39 is 0 Å². The van der Waals surface area contributed by atoms with Gasteiger partial charge in [-0.1, -0.05) is 30.3 Å². The van der Waals surface area contributed by atoms with Crippen LogP contribution in [0.3, 0.4) is 0 Å². The van der Waals surface area contributed by atoms with Gasteiger partial charge >= 0.3 is 6.01 Å². The van der Waals surface area contributed by atoms with E-state index in [1.807, 2.05) is 23.6 Å². The minimum absolute atomic E-state index is 0.0270. The number of anilines is 1. The second-order valence-electron chi connectivity index (χ2n) is 5.71. The number of oxazole rings is 1. The maximum Gasteiger partial charge on any atom is 0.302 e. The number of carbonyl (C=O) groups is 2. The zero-order valence-electron chi connectivity index (χ0n) is 13.3. The largest absolute Gasteiger partial charge is 0.431 e. The molecule has 0 saturated heterocycles. The van der Waals surface area contributed by atoms with Crippen molar-refractivity contribution in [2.75, 3.05) is 11.9 Å². The number of carbonyl (C=O) groups excluding carboxylic acids is 2. The minimum atomic E-state index is -0.303. The van der Waals surface area contributed by atoms with E-state index in [0.29, 0.717) is 18.0 Å². The molecule has 0 atom stereocenters. The lowest BCUT2D eigenvalue weighted by atomic mass is 10.00. The summed E-state index contributed by atoms with van der Waals surface area (Å²) in [7, 11) is 0. The summed E-state index contributed by atoms with van der Waals surface area (Å²) in [5.74, 6) is -0.502. The molecule has 0 aliphatic carbocycles. The summed E-state index contributed by atoms with van der Waals surface area (Å²) in [4.78, 5) is 31.0. The van der Waals surface area contributed by atoms with Gasteiger partial charge in [0.15, 0.2) is 5.69 Å². The lowest BCUT2D eigenvalue weighted by Crippen LogP contribution is -2.36. The van der Waals surface area contributed by atoms with Crippen molar-refractivity contribution in [3.8, 4) is 0 Å². The average Bonchev–Trinajstić information content (AvgIpc) is 3.32. The first-order valence-electron chi connectivity index (χ1n) is 7.87. The number of rotatable bonds is 3. The Kier molecular flexibility index (Phi) is 4.07. The maximum atomic E-state index is 12.6. The van der Waals surface area contributed by atoms with Crippen molar-refractivity contribution in [1.82, 2.24) is 9.88 Å². The summed E-state index contributed by atoms with van der Waals surface area (Å²) in [6.45, 7) is 1.19. The Labute approximate surface area is 148 Å². The second kappa shape index (κ2) is 6.52. The third kappa shape index (κ3) is 3.18. The van der Waals surface area contributed by atoms with E-state index in [4.69, 9.17) is 4.42 Å². The molecule has 2 amide bonds. The second-order valence-corrected chi connectivity index (χ2v) is 6.66. The van der Waals surface area contributed by atoms with Gasteiger partial charge in [0.25, 0.3) is 11.8 Å². The molecule has 6 nitrogen and oxygen atoms in total. The summed E-state index contributed by atoms with van der Waals surface area (Å²) < 4.78 is 5.23. The van der Waals surface area contributed by atoms with Gasteiger partial charge in [0, 0.05) is 13.1 Å². The quantitative estimate of drug-likeness (QED) is 0.785. The number of nitrogens with zero attached hydrogens (tertiary/aromatic N) is 2. The third-order valence-corrected chi connectivity index (χ3v) is 4.98. The molecule has 1 aliphatic heterocycles. The molecule has 25 heavy (non-hydrogen) atoms. The van der Waals surface area contributed by atoms with Gasteiger partial charge in [-0.25, -0.2) is 0 Å². The molecule has 1 N–H and O–H groups in total. The van der Waals surface area contributed by atoms with Crippen LogP contribution in [0.5, 0.6) is 0 Å². The fourth-order valence-corrected chi connectivity index (χ4v) is 3.45. The monoisotopic (exact) mass is 353 g/mol. The van der Waals surface area contributed by atoms with Crippen LogP contribution in [0.25, 0.3) is 0 Å². The smallest absolute Gasteiger partial charge is 0.302 e. The predicted molar refractivity (Wildman–Crippen MR) is 93.7 cm³/mol. The molecule has 4 rings (SSSR count). The van der Waals surface area contributed by atoms with Gasteiger partial charge in [-0.3, -0.25) is 14.9 Å². The molecule has 3 aromatic rings. The molecule has 0 unspecified atom stereocenters. The summed E-state index contributed by atoms with van der Waals surface area (Å²) in [6, 6.07) is 11.6. The van der Waals surface area contributed by atoms with E-state index in [0.717, 1.165) is 12.0 Å². The van der Waals surface area contributed by atoms with Gasteiger partial charge in [-0.15, -0.1) is 11.3 Å². The average molecular weight is 353 g/mol. The fraction of sp³-hybridized carbons (Fsp3) is 0.167. The van der Waals surface area contributed by atoms with Gasteiger partial charge in [0.1, 0.15) is 6.26 Å². The first-order chi connectivity index (χ1) is 12.2. The van der Waals surface area contributed by atoms with E-state index >= 15 is 0 Å². The van der Waals surface area contributed by atoms with Gasteiger partial charge in [-0.2, -0.15) is 4.98 Å². The summed E-state index contributed by atoms with van der Waals surface area (Å²) in [6.07, 6.45) is 2.11. The number of nitrogens with one attached hydrogen (secondary N) is 1. The highest BCUT2D eigenvalue weighted by molar-refractivity contribution is 7.12. The molecule has 1 aromatic carbocycles. The van der Waals surface area contributed by atoms with Crippen LogP contribution < -0.4 is 5.32 Å². The van der Waals surface area contributed by atoms with Gasteiger partial charge in [0.2, 0.25) is 0 Å². The number of hydrogen-bond acceptors (Lipinski definition) is 5. The van der Waals surface area contributed by atoms with Gasteiger partial charge in [0.05, 0.1) is 4.88 Å². The zero-order chi connectivity index (χ0) is 17.2. The molecule has 0 bridgehead atoms.